The van der Waals surface area contributed by atoms with Crippen molar-refractivity contribution in [1.82, 2.24) is 4.90 Å². The van der Waals surface area contributed by atoms with Gasteiger partial charge >= 0.3 is 0 Å². The number of rotatable bonds is 6. The molecule has 1 unspecified atom stereocenters. The minimum Gasteiger partial charge on any atom is -0.396 e. The minimum atomic E-state index is -0.641. The van der Waals surface area contributed by atoms with Crippen molar-refractivity contribution < 1.29 is 15.0 Å². The predicted octanol–water partition coefficient (Wildman–Crippen LogP) is 1.56. The van der Waals surface area contributed by atoms with Crippen LogP contribution in [0.2, 0.25) is 0 Å². The maximum Gasteiger partial charge on any atom is 0.222 e. The molecule has 1 aromatic rings. The van der Waals surface area contributed by atoms with Crippen molar-refractivity contribution >= 4 is 5.91 Å². The summed E-state index contributed by atoms with van der Waals surface area (Å²) >= 11 is 0. The number of carbonyl (C=O) groups excluding carboxylic acids is 1. The summed E-state index contributed by atoms with van der Waals surface area (Å²) in [5.74, 6) is 0.371. The summed E-state index contributed by atoms with van der Waals surface area (Å²) in [6, 6.07) is 8.33. The van der Waals surface area contributed by atoms with Gasteiger partial charge in [-0.3, -0.25) is 4.79 Å². The molecule has 1 aliphatic rings. The Bertz CT molecular complexity index is 497. The molecule has 1 aromatic carbocycles. The maximum absolute atomic E-state index is 12.4. The Morgan fingerprint density at radius 3 is 2.67 bits per heavy atom. The standard InChI is InChI=1S/C17H25NO3/c1-17(11-19,12-20)10-18(2)16(21)9-14-8-7-13-5-3-4-6-15(13)14/h3-6,14,19-20H,7-12H2,1-2H3. The molecule has 1 atom stereocenters. The molecule has 1 aliphatic carbocycles. The maximum atomic E-state index is 12.4. The van der Waals surface area contributed by atoms with E-state index in [9.17, 15) is 15.0 Å². The van der Waals surface area contributed by atoms with E-state index in [1.807, 2.05) is 12.1 Å². The van der Waals surface area contributed by atoms with Crippen LogP contribution in [0.4, 0.5) is 0 Å². The predicted molar refractivity (Wildman–Crippen MR) is 82.0 cm³/mol. The van der Waals surface area contributed by atoms with Crippen LogP contribution in [0.3, 0.4) is 0 Å². The molecule has 0 aliphatic heterocycles. The highest BCUT2D eigenvalue weighted by Gasteiger charge is 2.29. The second-order valence-corrected chi connectivity index (χ2v) is 6.52. The number of fused-ring (bicyclic) bond motifs is 1. The van der Waals surface area contributed by atoms with Gasteiger partial charge in [0.15, 0.2) is 0 Å². The van der Waals surface area contributed by atoms with Crippen LogP contribution in [0.25, 0.3) is 0 Å². The first kappa shape index (κ1) is 16.0. The first-order valence-corrected chi connectivity index (χ1v) is 7.52. The fraction of sp³-hybridized carbons (Fsp3) is 0.588. The Hall–Kier alpha value is -1.39. The second-order valence-electron chi connectivity index (χ2n) is 6.52. The van der Waals surface area contributed by atoms with Crippen molar-refractivity contribution in [3.8, 4) is 0 Å². The third-order valence-electron chi connectivity index (χ3n) is 4.49. The highest BCUT2D eigenvalue weighted by atomic mass is 16.3. The van der Waals surface area contributed by atoms with Gasteiger partial charge in [0.25, 0.3) is 0 Å². The summed E-state index contributed by atoms with van der Waals surface area (Å²) in [6.45, 7) is 1.88. The molecule has 0 bridgehead atoms. The molecule has 0 saturated heterocycles. The monoisotopic (exact) mass is 291 g/mol. The molecule has 0 aromatic heterocycles. The Morgan fingerprint density at radius 2 is 2.00 bits per heavy atom. The Labute approximate surface area is 126 Å². The van der Waals surface area contributed by atoms with Crippen LogP contribution in [0.5, 0.6) is 0 Å². The highest BCUT2D eigenvalue weighted by Crippen LogP contribution is 2.35. The molecule has 2 N–H and O–H groups in total. The van der Waals surface area contributed by atoms with E-state index in [-0.39, 0.29) is 19.1 Å². The number of amides is 1. The van der Waals surface area contributed by atoms with E-state index in [0.29, 0.717) is 18.9 Å². The van der Waals surface area contributed by atoms with E-state index in [1.54, 1.807) is 18.9 Å². The topological polar surface area (TPSA) is 60.8 Å². The third kappa shape index (κ3) is 3.63. The number of aliphatic hydroxyl groups is 2. The average molecular weight is 291 g/mol. The Kier molecular flexibility index (Phi) is 5.01. The number of benzene rings is 1. The van der Waals surface area contributed by atoms with Crippen LogP contribution >= 0.6 is 0 Å². The number of hydrogen-bond acceptors (Lipinski definition) is 3. The number of hydrogen-bond donors (Lipinski definition) is 2. The van der Waals surface area contributed by atoms with Gasteiger partial charge in [-0.15, -0.1) is 0 Å². The van der Waals surface area contributed by atoms with E-state index in [1.165, 1.54) is 11.1 Å². The van der Waals surface area contributed by atoms with Crippen molar-refractivity contribution in [3.05, 3.63) is 35.4 Å². The fourth-order valence-electron chi connectivity index (χ4n) is 3.03. The van der Waals surface area contributed by atoms with Crippen LogP contribution in [-0.2, 0) is 11.2 Å². The minimum absolute atomic E-state index is 0.0739. The summed E-state index contributed by atoms with van der Waals surface area (Å²) < 4.78 is 0. The van der Waals surface area contributed by atoms with Crippen molar-refractivity contribution in [2.75, 3.05) is 26.8 Å². The van der Waals surface area contributed by atoms with Gasteiger partial charge in [-0.25, -0.2) is 0 Å². The average Bonchev–Trinajstić information content (AvgIpc) is 2.90. The lowest BCUT2D eigenvalue weighted by molar-refractivity contribution is -0.132. The van der Waals surface area contributed by atoms with E-state index >= 15 is 0 Å². The quantitative estimate of drug-likeness (QED) is 0.836. The molecule has 0 radical (unpaired) electrons. The summed E-state index contributed by atoms with van der Waals surface area (Å²) in [5, 5.41) is 18.7. The van der Waals surface area contributed by atoms with Crippen LogP contribution in [-0.4, -0.2) is 47.8 Å². The summed E-state index contributed by atoms with van der Waals surface area (Å²) in [4.78, 5) is 14.0. The SMILES string of the molecule is CN(CC(C)(CO)CO)C(=O)CC1CCc2ccccc21. The van der Waals surface area contributed by atoms with E-state index in [0.717, 1.165) is 12.8 Å². The van der Waals surface area contributed by atoms with Gasteiger partial charge in [0.1, 0.15) is 0 Å². The summed E-state index contributed by atoms with van der Waals surface area (Å²) in [6.07, 6.45) is 2.57. The van der Waals surface area contributed by atoms with Crippen molar-refractivity contribution in [2.45, 2.75) is 32.1 Å². The normalized spacial score (nSPS) is 17.6. The highest BCUT2D eigenvalue weighted by molar-refractivity contribution is 5.77. The molecule has 116 valence electrons. The number of aryl methyl sites for hydroxylation is 1. The lowest BCUT2D eigenvalue weighted by Gasteiger charge is -2.31. The first-order chi connectivity index (χ1) is 9.99. The molecule has 2 rings (SSSR count). The molecule has 0 heterocycles. The number of nitrogens with zero attached hydrogens (tertiary/aromatic N) is 1. The number of aliphatic hydroxyl groups excluding tert-OH is 2. The zero-order valence-electron chi connectivity index (χ0n) is 12.9. The Balaban J connectivity index is 1.96. The van der Waals surface area contributed by atoms with Gasteiger partial charge in [0.2, 0.25) is 5.91 Å². The molecule has 0 saturated carbocycles. The van der Waals surface area contributed by atoms with Crippen LogP contribution < -0.4 is 0 Å². The molecule has 21 heavy (non-hydrogen) atoms. The van der Waals surface area contributed by atoms with Gasteiger partial charge in [-0.05, 0) is 29.9 Å². The van der Waals surface area contributed by atoms with Gasteiger partial charge in [0, 0.05) is 25.4 Å². The first-order valence-electron chi connectivity index (χ1n) is 7.52. The molecular weight excluding hydrogens is 266 g/mol. The molecule has 0 spiro atoms. The van der Waals surface area contributed by atoms with Gasteiger partial charge in [-0.1, -0.05) is 31.2 Å². The number of carbonyl (C=O) groups is 1. The molecule has 0 fully saturated rings. The van der Waals surface area contributed by atoms with Crippen LogP contribution in [0.1, 0.15) is 36.8 Å². The van der Waals surface area contributed by atoms with Gasteiger partial charge < -0.3 is 15.1 Å². The smallest absolute Gasteiger partial charge is 0.222 e. The lowest BCUT2D eigenvalue weighted by atomic mass is 9.91. The van der Waals surface area contributed by atoms with Gasteiger partial charge in [-0.2, -0.15) is 0 Å². The van der Waals surface area contributed by atoms with Gasteiger partial charge in [0.05, 0.1) is 13.2 Å². The Morgan fingerprint density at radius 1 is 1.33 bits per heavy atom. The van der Waals surface area contributed by atoms with Crippen molar-refractivity contribution in [3.63, 3.8) is 0 Å². The van der Waals surface area contributed by atoms with E-state index in [4.69, 9.17) is 0 Å². The molecular formula is C17H25NO3. The summed E-state index contributed by atoms with van der Waals surface area (Å²) in [7, 11) is 1.74. The van der Waals surface area contributed by atoms with Crippen molar-refractivity contribution in [1.29, 1.82) is 0 Å². The van der Waals surface area contributed by atoms with Crippen LogP contribution in [0, 0.1) is 5.41 Å². The lowest BCUT2D eigenvalue weighted by Crippen LogP contribution is -2.41. The van der Waals surface area contributed by atoms with Crippen LogP contribution in [0.15, 0.2) is 24.3 Å². The largest absolute Gasteiger partial charge is 0.396 e. The zero-order valence-corrected chi connectivity index (χ0v) is 12.9. The molecule has 1 amide bonds. The van der Waals surface area contributed by atoms with E-state index < -0.39 is 5.41 Å². The molecule has 4 heteroatoms. The van der Waals surface area contributed by atoms with Crippen molar-refractivity contribution in [2.24, 2.45) is 5.41 Å². The second kappa shape index (κ2) is 6.58. The summed E-state index contributed by atoms with van der Waals surface area (Å²) in [5.41, 5.74) is 2.01. The molecule has 4 nitrogen and oxygen atoms in total. The zero-order chi connectivity index (χ0) is 15.5. The van der Waals surface area contributed by atoms with E-state index in [2.05, 4.69) is 12.1 Å². The third-order valence-corrected chi connectivity index (χ3v) is 4.49. The fourth-order valence-corrected chi connectivity index (χ4v) is 3.03.